The maximum Gasteiger partial charge on any atom is 0.141 e. The molecule has 0 amide bonds. The van der Waals surface area contributed by atoms with E-state index in [1.54, 1.807) is 0 Å². The number of hydrogen-bond acceptors (Lipinski definition) is 3. The molecule has 0 saturated heterocycles. The molecule has 0 atom stereocenters. The van der Waals surface area contributed by atoms with Crippen molar-refractivity contribution >= 4 is 60.7 Å². The quantitative estimate of drug-likeness (QED) is 0.197. The smallest absolute Gasteiger partial charge is 0.141 e. The van der Waals surface area contributed by atoms with Crippen molar-refractivity contribution in [2.45, 2.75) is 19.3 Å². The van der Waals surface area contributed by atoms with Crippen molar-refractivity contribution in [1.82, 2.24) is 19.1 Å². The van der Waals surface area contributed by atoms with Crippen LogP contribution in [0.25, 0.3) is 55.2 Å². The van der Waals surface area contributed by atoms with E-state index in [1.807, 2.05) is 24.5 Å². The van der Waals surface area contributed by atoms with Crippen LogP contribution in [-0.2, 0) is 5.41 Å². The van der Waals surface area contributed by atoms with Crippen LogP contribution < -0.4 is 4.90 Å². The van der Waals surface area contributed by atoms with Crippen LogP contribution in [0.1, 0.15) is 25.0 Å². The third kappa shape index (κ3) is 3.67. The molecule has 4 aromatic heterocycles. The van der Waals surface area contributed by atoms with E-state index in [0.717, 1.165) is 45.2 Å². The number of para-hydroxylation sites is 3. The van der Waals surface area contributed by atoms with E-state index in [9.17, 15) is 0 Å². The SMILES string of the molecule is CC1(C)c2cccnc2-n2c3cc(N(c4ccccc4)c4ccc5c6ccccc6n(-c6ccccn6)c5c4)ccc3c3cccc1c32. The Morgan fingerprint density at radius 2 is 1.12 bits per heavy atom. The molecular weight excluding hydrogens is 587 g/mol. The molecule has 9 aromatic rings. The van der Waals surface area contributed by atoms with Crippen LogP contribution in [0, 0.1) is 0 Å². The molecule has 0 bridgehead atoms. The summed E-state index contributed by atoms with van der Waals surface area (Å²) in [6.45, 7) is 4.62. The van der Waals surface area contributed by atoms with Gasteiger partial charge in [-0.2, -0.15) is 0 Å². The van der Waals surface area contributed by atoms with Crippen LogP contribution in [0.5, 0.6) is 0 Å². The number of rotatable bonds is 4. The van der Waals surface area contributed by atoms with Crippen molar-refractivity contribution in [3.8, 4) is 11.6 Å². The first-order chi connectivity index (χ1) is 23.6. The summed E-state index contributed by atoms with van der Waals surface area (Å²) in [6, 6.07) is 50.0. The second-order valence-electron chi connectivity index (χ2n) is 13.2. The first-order valence-corrected chi connectivity index (χ1v) is 16.4. The third-order valence-corrected chi connectivity index (χ3v) is 10.2. The molecule has 5 heterocycles. The zero-order valence-electron chi connectivity index (χ0n) is 26.7. The van der Waals surface area contributed by atoms with Gasteiger partial charge in [-0.25, -0.2) is 9.97 Å². The predicted molar refractivity (Wildman–Crippen MR) is 198 cm³/mol. The molecule has 0 radical (unpaired) electrons. The van der Waals surface area contributed by atoms with Crippen molar-refractivity contribution in [2.24, 2.45) is 0 Å². The highest BCUT2D eigenvalue weighted by Crippen LogP contribution is 2.48. The molecule has 0 spiro atoms. The lowest BCUT2D eigenvalue weighted by molar-refractivity contribution is 0.624. The number of fused-ring (bicyclic) bond motifs is 8. The summed E-state index contributed by atoms with van der Waals surface area (Å²) in [5, 5.41) is 4.89. The number of aromatic nitrogens is 4. The van der Waals surface area contributed by atoms with Gasteiger partial charge in [-0.15, -0.1) is 0 Å². The molecule has 0 aliphatic carbocycles. The zero-order valence-corrected chi connectivity index (χ0v) is 26.7. The lowest BCUT2D eigenvalue weighted by Gasteiger charge is -2.33. The molecular formula is C43H31N5. The van der Waals surface area contributed by atoms with E-state index >= 15 is 0 Å². The van der Waals surface area contributed by atoms with Gasteiger partial charge in [0.2, 0.25) is 0 Å². The Morgan fingerprint density at radius 3 is 1.92 bits per heavy atom. The van der Waals surface area contributed by atoms with E-state index in [0.29, 0.717) is 0 Å². The molecule has 0 N–H and O–H groups in total. The summed E-state index contributed by atoms with van der Waals surface area (Å²) in [5.41, 5.74) is 10.3. The maximum atomic E-state index is 4.99. The fourth-order valence-electron chi connectivity index (χ4n) is 7.98. The van der Waals surface area contributed by atoms with Crippen LogP contribution in [0.15, 0.2) is 152 Å². The van der Waals surface area contributed by atoms with Crippen LogP contribution in [0.4, 0.5) is 17.1 Å². The van der Waals surface area contributed by atoms with Crippen LogP contribution in [-0.4, -0.2) is 19.1 Å². The van der Waals surface area contributed by atoms with E-state index in [-0.39, 0.29) is 5.41 Å². The van der Waals surface area contributed by atoms with E-state index in [2.05, 4.69) is 155 Å². The van der Waals surface area contributed by atoms with Gasteiger partial charge in [0, 0.05) is 62.0 Å². The van der Waals surface area contributed by atoms with Gasteiger partial charge in [-0.3, -0.25) is 9.13 Å². The monoisotopic (exact) mass is 617 g/mol. The Bertz CT molecular complexity index is 2700. The van der Waals surface area contributed by atoms with Crippen molar-refractivity contribution in [2.75, 3.05) is 4.90 Å². The fraction of sp³-hybridized carbons (Fsp3) is 0.0698. The van der Waals surface area contributed by atoms with Gasteiger partial charge in [-0.1, -0.05) is 92.7 Å². The summed E-state index contributed by atoms with van der Waals surface area (Å²) >= 11 is 0. The third-order valence-electron chi connectivity index (χ3n) is 10.2. The van der Waals surface area contributed by atoms with Gasteiger partial charge in [0.05, 0.1) is 22.1 Å². The van der Waals surface area contributed by atoms with Crippen molar-refractivity contribution in [3.05, 3.63) is 163 Å². The van der Waals surface area contributed by atoms with E-state index < -0.39 is 0 Å². The summed E-state index contributed by atoms with van der Waals surface area (Å²) in [6.07, 6.45) is 3.77. The summed E-state index contributed by atoms with van der Waals surface area (Å²) in [4.78, 5) is 12.1. The van der Waals surface area contributed by atoms with Crippen molar-refractivity contribution in [1.29, 1.82) is 0 Å². The molecule has 10 rings (SSSR count). The summed E-state index contributed by atoms with van der Waals surface area (Å²) in [5.74, 6) is 1.91. The molecule has 1 aliphatic heterocycles. The minimum Gasteiger partial charge on any atom is -0.310 e. The number of pyridine rings is 2. The standard InChI is InChI=1S/C43H31N5/c1-43(2)35-16-10-15-34-33-23-21-30(27-39(33)48(41(34)35)42-36(43)17-11-25-45-42)46(28-12-4-3-5-13-28)29-20-22-32-31-14-6-7-18-37(31)47(38(32)26-29)40-19-8-9-24-44-40/h3-27H,1-2H3. The number of anilines is 3. The molecule has 5 nitrogen and oxygen atoms in total. The van der Waals surface area contributed by atoms with Gasteiger partial charge in [0.15, 0.2) is 0 Å². The predicted octanol–water partition coefficient (Wildman–Crippen LogP) is 10.8. The Kier molecular flexibility index (Phi) is 5.56. The molecule has 228 valence electrons. The van der Waals surface area contributed by atoms with Crippen molar-refractivity contribution < 1.29 is 0 Å². The fourth-order valence-corrected chi connectivity index (χ4v) is 7.98. The number of hydrogen-bond donors (Lipinski definition) is 0. The summed E-state index contributed by atoms with van der Waals surface area (Å²) in [7, 11) is 0. The molecule has 5 aromatic carbocycles. The highest BCUT2D eigenvalue weighted by molar-refractivity contribution is 6.13. The Morgan fingerprint density at radius 1 is 0.479 bits per heavy atom. The average Bonchev–Trinajstić information content (AvgIpc) is 3.64. The Hall–Kier alpha value is -6.20. The molecule has 0 saturated carbocycles. The van der Waals surface area contributed by atoms with E-state index in [4.69, 9.17) is 9.97 Å². The lowest BCUT2D eigenvalue weighted by Crippen LogP contribution is -2.26. The highest BCUT2D eigenvalue weighted by atomic mass is 15.2. The average molecular weight is 618 g/mol. The normalized spacial score (nSPS) is 13.4. The highest BCUT2D eigenvalue weighted by Gasteiger charge is 2.35. The second-order valence-corrected chi connectivity index (χ2v) is 13.2. The first-order valence-electron chi connectivity index (χ1n) is 16.4. The van der Waals surface area contributed by atoms with Gasteiger partial charge >= 0.3 is 0 Å². The minimum atomic E-state index is -0.159. The summed E-state index contributed by atoms with van der Waals surface area (Å²) < 4.78 is 4.66. The molecule has 5 heteroatoms. The molecule has 48 heavy (non-hydrogen) atoms. The molecule has 0 unspecified atom stereocenters. The van der Waals surface area contributed by atoms with Gasteiger partial charge < -0.3 is 4.90 Å². The largest absolute Gasteiger partial charge is 0.310 e. The van der Waals surface area contributed by atoms with Crippen LogP contribution in [0.3, 0.4) is 0 Å². The van der Waals surface area contributed by atoms with E-state index in [1.165, 1.54) is 38.2 Å². The van der Waals surface area contributed by atoms with Crippen LogP contribution in [0.2, 0.25) is 0 Å². The van der Waals surface area contributed by atoms with Gasteiger partial charge in [0.25, 0.3) is 0 Å². The molecule has 0 fully saturated rings. The second kappa shape index (κ2) is 9.90. The van der Waals surface area contributed by atoms with Gasteiger partial charge in [-0.05, 0) is 66.2 Å². The van der Waals surface area contributed by atoms with Crippen molar-refractivity contribution in [3.63, 3.8) is 0 Å². The van der Waals surface area contributed by atoms with Crippen LogP contribution >= 0.6 is 0 Å². The zero-order chi connectivity index (χ0) is 32.0. The topological polar surface area (TPSA) is 38.9 Å². The lowest BCUT2D eigenvalue weighted by atomic mass is 9.76. The Balaban J connectivity index is 1.25. The number of nitrogens with zero attached hydrogens (tertiary/aromatic N) is 5. The minimum absolute atomic E-state index is 0.159. The maximum absolute atomic E-state index is 4.99. The number of benzene rings is 5. The first kappa shape index (κ1) is 27.0. The Labute approximate surface area is 278 Å². The van der Waals surface area contributed by atoms with Gasteiger partial charge in [0.1, 0.15) is 11.6 Å². The molecule has 1 aliphatic rings.